The molecule has 2 rings (SSSR count). The van der Waals surface area contributed by atoms with Crippen molar-refractivity contribution in [3.8, 4) is 0 Å². The van der Waals surface area contributed by atoms with Crippen LogP contribution in [0.3, 0.4) is 0 Å². The summed E-state index contributed by atoms with van der Waals surface area (Å²) in [5.74, 6) is 0.652. The number of aryl methyl sites for hydroxylation is 1. The topological polar surface area (TPSA) is 73.1 Å². The van der Waals surface area contributed by atoms with Crippen molar-refractivity contribution in [1.82, 2.24) is 20.2 Å². The number of hydrogen-bond acceptors (Lipinski definition) is 5. The molecule has 0 aliphatic heterocycles. The van der Waals surface area contributed by atoms with Crippen molar-refractivity contribution in [2.75, 3.05) is 13.7 Å². The van der Waals surface area contributed by atoms with E-state index in [1.165, 1.54) is 15.9 Å². The summed E-state index contributed by atoms with van der Waals surface area (Å²) in [5, 5.41) is 21.8. The van der Waals surface area contributed by atoms with Gasteiger partial charge < -0.3 is 9.84 Å². The number of aromatic nitrogens is 4. The van der Waals surface area contributed by atoms with Crippen LogP contribution in [0.15, 0.2) is 24.3 Å². The van der Waals surface area contributed by atoms with Gasteiger partial charge in [0.15, 0.2) is 5.82 Å². The first-order valence-corrected chi connectivity index (χ1v) is 6.17. The fourth-order valence-electron chi connectivity index (χ4n) is 1.84. The van der Waals surface area contributed by atoms with Gasteiger partial charge in [0.2, 0.25) is 0 Å². The molecule has 0 aliphatic carbocycles. The van der Waals surface area contributed by atoms with E-state index in [-0.39, 0.29) is 13.2 Å². The molecule has 2 aromatic rings. The fourth-order valence-corrected chi connectivity index (χ4v) is 1.84. The number of rotatable bonds is 6. The summed E-state index contributed by atoms with van der Waals surface area (Å²) in [7, 11) is 1.54. The standard InChI is InChI=1S/C13H18N4O2/c1-10-5-3-4-6-11(10)7-13-14-16-17(15-13)8-12(18)9-19-2/h3-6,12,18H,7-9H2,1-2H3/t12-/m0/s1. The largest absolute Gasteiger partial charge is 0.389 e. The third kappa shape index (κ3) is 3.84. The number of hydrogen-bond donors (Lipinski definition) is 1. The summed E-state index contributed by atoms with van der Waals surface area (Å²) in [6.45, 7) is 2.60. The zero-order valence-corrected chi connectivity index (χ0v) is 11.2. The highest BCUT2D eigenvalue weighted by Crippen LogP contribution is 2.10. The quantitative estimate of drug-likeness (QED) is 0.824. The van der Waals surface area contributed by atoms with Crippen LogP contribution in [0.4, 0.5) is 0 Å². The van der Waals surface area contributed by atoms with Crippen LogP contribution in [-0.2, 0) is 17.7 Å². The minimum Gasteiger partial charge on any atom is -0.389 e. The Hall–Kier alpha value is -1.79. The van der Waals surface area contributed by atoms with Crippen molar-refractivity contribution in [1.29, 1.82) is 0 Å². The first-order valence-electron chi connectivity index (χ1n) is 6.17. The first-order chi connectivity index (χ1) is 9.19. The lowest BCUT2D eigenvalue weighted by atomic mass is 10.1. The zero-order valence-electron chi connectivity index (χ0n) is 11.2. The molecule has 1 N–H and O–H groups in total. The minimum absolute atomic E-state index is 0.259. The van der Waals surface area contributed by atoms with E-state index < -0.39 is 6.10 Å². The fraction of sp³-hybridized carbons (Fsp3) is 0.462. The third-order valence-electron chi connectivity index (χ3n) is 2.84. The Kier molecular flexibility index (Phi) is 4.59. The van der Waals surface area contributed by atoms with Gasteiger partial charge in [-0.25, -0.2) is 0 Å². The maximum Gasteiger partial charge on any atom is 0.179 e. The van der Waals surface area contributed by atoms with Gasteiger partial charge in [-0.3, -0.25) is 0 Å². The molecule has 1 aromatic heterocycles. The van der Waals surface area contributed by atoms with Crippen LogP contribution in [0.2, 0.25) is 0 Å². The molecule has 1 aromatic carbocycles. The Balaban J connectivity index is 2.00. The van der Waals surface area contributed by atoms with E-state index in [2.05, 4.69) is 34.5 Å². The molecule has 0 radical (unpaired) electrons. The van der Waals surface area contributed by atoms with Gasteiger partial charge in [-0.2, -0.15) is 4.80 Å². The molecule has 0 bridgehead atoms. The van der Waals surface area contributed by atoms with Gasteiger partial charge in [-0.1, -0.05) is 24.3 Å². The molecule has 0 saturated heterocycles. The van der Waals surface area contributed by atoms with E-state index in [0.29, 0.717) is 12.2 Å². The molecule has 1 atom stereocenters. The van der Waals surface area contributed by atoms with E-state index in [4.69, 9.17) is 4.74 Å². The number of nitrogens with zero attached hydrogens (tertiary/aromatic N) is 4. The van der Waals surface area contributed by atoms with E-state index in [0.717, 1.165) is 0 Å². The van der Waals surface area contributed by atoms with Crippen molar-refractivity contribution < 1.29 is 9.84 Å². The molecule has 0 spiro atoms. The van der Waals surface area contributed by atoms with Gasteiger partial charge in [0.1, 0.15) is 0 Å². The molecule has 102 valence electrons. The number of methoxy groups -OCH3 is 1. The monoisotopic (exact) mass is 262 g/mol. The molecular formula is C13H18N4O2. The van der Waals surface area contributed by atoms with E-state index in [1.54, 1.807) is 7.11 Å². The van der Waals surface area contributed by atoms with Crippen molar-refractivity contribution in [2.45, 2.75) is 26.0 Å². The van der Waals surface area contributed by atoms with Crippen molar-refractivity contribution in [2.24, 2.45) is 0 Å². The van der Waals surface area contributed by atoms with Gasteiger partial charge in [0.25, 0.3) is 0 Å². The number of tetrazole rings is 1. The molecule has 0 aliphatic rings. The lowest BCUT2D eigenvalue weighted by Gasteiger charge is -2.06. The summed E-state index contributed by atoms with van der Waals surface area (Å²) >= 11 is 0. The van der Waals surface area contributed by atoms with Crippen LogP contribution in [0.1, 0.15) is 17.0 Å². The van der Waals surface area contributed by atoms with Crippen LogP contribution < -0.4 is 0 Å². The van der Waals surface area contributed by atoms with Gasteiger partial charge in [-0.05, 0) is 23.3 Å². The van der Waals surface area contributed by atoms with Crippen LogP contribution in [0, 0.1) is 6.92 Å². The highest BCUT2D eigenvalue weighted by molar-refractivity contribution is 5.27. The summed E-state index contributed by atoms with van der Waals surface area (Å²) in [5.41, 5.74) is 2.39. The molecule has 19 heavy (non-hydrogen) atoms. The Morgan fingerprint density at radius 3 is 2.89 bits per heavy atom. The minimum atomic E-state index is -0.620. The van der Waals surface area contributed by atoms with Crippen LogP contribution >= 0.6 is 0 Å². The molecular weight excluding hydrogens is 244 g/mol. The summed E-state index contributed by atoms with van der Waals surface area (Å²) in [4.78, 5) is 1.40. The second-order valence-corrected chi connectivity index (χ2v) is 4.47. The van der Waals surface area contributed by atoms with E-state index in [1.807, 2.05) is 12.1 Å². The number of benzene rings is 1. The lowest BCUT2D eigenvalue weighted by molar-refractivity contribution is 0.0482. The molecule has 0 fully saturated rings. The summed E-state index contributed by atoms with van der Waals surface area (Å²) in [6.07, 6.45) is 0.0260. The van der Waals surface area contributed by atoms with E-state index >= 15 is 0 Å². The smallest absolute Gasteiger partial charge is 0.179 e. The highest BCUT2D eigenvalue weighted by atomic mass is 16.5. The summed E-state index contributed by atoms with van der Waals surface area (Å²) < 4.78 is 4.85. The number of aliphatic hydroxyl groups is 1. The van der Waals surface area contributed by atoms with Gasteiger partial charge in [0, 0.05) is 13.5 Å². The average molecular weight is 262 g/mol. The second-order valence-electron chi connectivity index (χ2n) is 4.47. The number of aliphatic hydroxyl groups excluding tert-OH is 1. The molecule has 6 nitrogen and oxygen atoms in total. The lowest BCUT2D eigenvalue weighted by Crippen LogP contribution is -2.22. The Bertz CT molecular complexity index is 527. The predicted molar refractivity (Wildman–Crippen MR) is 69.7 cm³/mol. The zero-order chi connectivity index (χ0) is 13.7. The highest BCUT2D eigenvalue weighted by Gasteiger charge is 2.09. The van der Waals surface area contributed by atoms with Crippen molar-refractivity contribution in [3.63, 3.8) is 0 Å². The SMILES string of the molecule is COC[C@@H](O)Cn1nnc(Cc2ccccc2C)n1. The average Bonchev–Trinajstić information content (AvgIpc) is 2.80. The maximum absolute atomic E-state index is 9.59. The van der Waals surface area contributed by atoms with Crippen LogP contribution in [-0.4, -0.2) is 45.1 Å². The third-order valence-corrected chi connectivity index (χ3v) is 2.84. The Labute approximate surface area is 112 Å². The van der Waals surface area contributed by atoms with Crippen LogP contribution in [0.25, 0.3) is 0 Å². The molecule has 1 heterocycles. The van der Waals surface area contributed by atoms with Gasteiger partial charge in [-0.15, -0.1) is 10.2 Å². The van der Waals surface area contributed by atoms with Crippen LogP contribution in [0.5, 0.6) is 0 Å². The van der Waals surface area contributed by atoms with E-state index in [9.17, 15) is 5.11 Å². The maximum atomic E-state index is 9.59. The van der Waals surface area contributed by atoms with Crippen molar-refractivity contribution in [3.05, 3.63) is 41.2 Å². The predicted octanol–water partition coefficient (Wildman–Crippen LogP) is 0.580. The van der Waals surface area contributed by atoms with Gasteiger partial charge in [0.05, 0.1) is 19.3 Å². The normalized spacial score (nSPS) is 12.6. The number of ether oxygens (including phenoxy) is 1. The molecule has 0 amide bonds. The van der Waals surface area contributed by atoms with Gasteiger partial charge >= 0.3 is 0 Å². The molecule has 6 heteroatoms. The van der Waals surface area contributed by atoms with Crippen molar-refractivity contribution >= 4 is 0 Å². The summed E-state index contributed by atoms with van der Waals surface area (Å²) in [6, 6.07) is 8.11. The second kappa shape index (κ2) is 6.40. The Morgan fingerprint density at radius 1 is 1.37 bits per heavy atom. The first kappa shape index (κ1) is 13.6. The molecule has 0 unspecified atom stereocenters. The Morgan fingerprint density at radius 2 is 2.16 bits per heavy atom. The molecule has 0 saturated carbocycles.